The molecule has 1 nitrogen and oxygen atoms in total. The van der Waals surface area contributed by atoms with Gasteiger partial charge in [0.2, 0.25) is 0 Å². The molecule has 1 aromatic carbocycles. The van der Waals surface area contributed by atoms with Crippen molar-refractivity contribution < 1.29 is 1.37 Å². The van der Waals surface area contributed by atoms with E-state index in [9.17, 15) is 0 Å². The molecule has 21 heavy (non-hydrogen) atoms. The van der Waals surface area contributed by atoms with Gasteiger partial charge in [-0.3, -0.25) is 0 Å². The van der Waals surface area contributed by atoms with Crippen molar-refractivity contribution in [1.82, 2.24) is 4.98 Å². The standard InChI is InChI=1S/C19H25GeN/c1-20(2,3)18-11-12-19(21-14-18)17-10-6-9-16(13-17)15-7-4-5-8-15/h6,9-15H,4-5,7-8H2,1-3H3/i15D. The van der Waals surface area contributed by atoms with Gasteiger partial charge in [0.1, 0.15) is 0 Å². The zero-order valence-corrected chi connectivity index (χ0v) is 15.4. The van der Waals surface area contributed by atoms with E-state index in [-0.39, 0.29) is 5.89 Å². The molecule has 1 aliphatic rings. The van der Waals surface area contributed by atoms with E-state index in [1.807, 2.05) is 0 Å². The molecule has 1 saturated carbocycles. The third-order valence-corrected chi connectivity index (χ3v) is 8.66. The molecule has 0 saturated heterocycles. The van der Waals surface area contributed by atoms with E-state index in [0.29, 0.717) is 0 Å². The molecule has 0 N–H and O–H groups in total. The van der Waals surface area contributed by atoms with Crippen LogP contribution in [-0.4, -0.2) is 18.3 Å². The zero-order valence-electron chi connectivity index (χ0n) is 14.3. The number of aromatic nitrogens is 1. The summed E-state index contributed by atoms with van der Waals surface area (Å²) in [6.07, 6.45) is 6.39. The van der Waals surface area contributed by atoms with Crippen LogP contribution in [0, 0.1) is 0 Å². The second-order valence-corrected chi connectivity index (χ2v) is 17.7. The molecule has 110 valence electrons. The van der Waals surface area contributed by atoms with Gasteiger partial charge >= 0.3 is 132 Å². The third-order valence-electron chi connectivity index (χ3n) is 4.40. The van der Waals surface area contributed by atoms with E-state index in [1.165, 1.54) is 17.2 Å². The van der Waals surface area contributed by atoms with Crippen molar-refractivity contribution in [2.75, 3.05) is 0 Å². The molecule has 1 aliphatic carbocycles. The van der Waals surface area contributed by atoms with Gasteiger partial charge in [-0.1, -0.05) is 0 Å². The summed E-state index contributed by atoms with van der Waals surface area (Å²) in [5.41, 5.74) is 3.32. The Labute approximate surface area is 132 Å². The Hall–Kier alpha value is -1.09. The number of benzene rings is 1. The van der Waals surface area contributed by atoms with Crippen molar-refractivity contribution >= 4 is 17.7 Å². The van der Waals surface area contributed by atoms with Crippen LogP contribution in [-0.2, 0) is 0 Å². The summed E-state index contributed by atoms with van der Waals surface area (Å²) in [5, 5.41) is 0. The molecular weight excluding hydrogens is 315 g/mol. The van der Waals surface area contributed by atoms with Gasteiger partial charge in [-0.15, -0.1) is 0 Å². The van der Waals surface area contributed by atoms with Crippen LogP contribution in [0.3, 0.4) is 0 Å². The van der Waals surface area contributed by atoms with Gasteiger partial charge in [0, 0.05) is 0 Å². The fraction of sp³-hybridized carbons (Fsp3) is 0.421. The van der Waals surface area contributed by atoms with Gasteiger partial charge in [-0.2, -0.15) is 0 Å². The predicted molar refractivity (Wildman–Crippen MR) is 93.9 cm³/mol. The minimum absolute atomic E-state index is 0.378. The Balaban J connectivity index is 1.92. The van der Waals surface area contributed by atoms with Gasteiger partial charge in [0.15, 0.2) is 0 Å². The van der Waals surface area contributed by atoms with Crippen LogP contribution < -0.4 is 4.40 Å². The quantitative estimate of drug-likeness (QED) is 0.720. The molecule has 0 aliphatic heterocycles. The van der Waals surface area contributed by atoms with Crippen molar-refractivity contribution in [1.29, 1.82) is 0 Å². The first kappa shape index (κ1) is 13.6. The molecular formula is C19H25GeN. The molecule has 3 rings (SSSR count). The predicted octanol–water partition coefficient (Wildman–Crippen LogP) is 4.95. The summed E-state index contributed by atoms with van der Waals surface area (Å²) in [4.78, 5) is 4.69. The Morgan fingerprint density at radius 2 is 1.86 bits per heavy atom. The van der Waals surface area contributed by atoms with Crippen LogP contribution in [0.25, 0.3) is 11.3 Å². The van der Waals surface area contributed by atoms with Crippen LogP contribution >= 0.6 is 0 Å². The molecule has 0 amide bonds. The number of hydrogen-bond acceptors (Lipinski definition) is 1. The summed E-state index contributed by atoms with van der Waals surface area (Å²) in [7, 11) is 0. The van der Waals surface area contributed by atoms with E-state index in [2.05, 4.69) is 59.9 Å². The molecule has 0 bridgehead atoms. The molecule has 1 fully saturated rings. The molecule has 0 spiro atoms. The molecule has 2 heteroatoms. The fourth-order valence-electron chi connectivity index (χ4n) is 3.00. The van der Waals surface area contributed by atoms with E-state index >= 15 is 0 Å². The van der Waals surface area contributed by atoms with Gasteiger partial charge in [0.25, 0.3) is 0 Å². The first-order chi connectivity index (χ1) is 10.4. The average molecular weight is 341 g/mol. The molecule has 1 heterocycles. The van der Waals surface area contributed by atoms with Gasteiger partial charge in [-0.05, 0) is 0 Å². The Morgan fingerprint density at radius 3 is 2.48 bits per heavy atom. The maximum atomic E-state index is 8.68. The van der Waals surface area contributed by atoms with Gasteiger partial charge in [-0.25, -0.2) is 0 Å². The van der Waals surface area contributed by atoms with Gasteiger partial charge < -0.3 is 0 Å². The van der Waals surface area contributed by atoms with Crippen LogP contribution in [0.15, 0.2) is 42.6 Å². The molecule has 0 atom stereocenters. The summed E-state index contributed by atoms with van der Waals surface area (Å²) >= 11 is -1.79. The summed E-state index contributed by atoms with van der Waals surface area (Å²) in [6.45, 7) is 0. The van der Waals surface area contributed by atoms with Crippen LogP contribution in [0.5, 0.6) is 0 Å². The second-order valence-electron chi connectivity index (χ2n) is 7.07. The van der Waals surface area contributed by atoms with E-state index in [0.717, 1.165) is 29.7 Å². The van der Waals surface area contributed by atoms with Crippen molar-refractivity contribution in [2.24, 2.45) is 0 Å². The number of hydrogen-bond donors (Lipinski definition) is 0. The summed E-state index contributed by atoms with van der Waals surface area (Å²) in [5.74, 6) is 6.79. The Morgan fingerprint density at radius 1 is 1.10 bits per heavy atom. The first-order valence-electron chi connectivity index (χ1n) is 8.46. The molecule has 2 aromatic rings. The maximum absolute atomic E-state index is 8.68. The Kier molecular flexibility index (Phi) is 3.85. The average Bonchev–Trinajstić information content (AvgIpc) is 2.95. The van der Waals surface area contributed by atoms with E-state index < -0.39 is 13.3 Å². The summed E-state index contributed by atoms with van der Waals surface area (Å²) < 4.78 is 10.1. The van der Waals surface area contributed by atoms with Crippen molar-refractivity contribution in [3.05, 3.63) is 48.2 Å². The first-order valence-corrected chi connectivity index (χ1v) is 15.3. The Bertz CT molecular complexity index is 652. The summed E-state index contributed by atoms with van der Waals surface area (Å²) in [6, 6.07) is 12.9. The van der Waals surface area contributed by atoms with Crippen LogP contribution in [0.4, 0.5) is 0 Å². The number of rotatable bonds is 3. The van der Waals surface area contributed by atoms with Crippen LogP contribution in [0.2, 0.25) is 17.3 Å². The SMILES string of the molecule is [2H]C1(c2cccc(-c3cc[c]([Ge]([CH3])([CH3])[CH3])cn3)c2)CCCC1. The minimum atomic E-state index is -1.79. The zero-order chi connectivity index (χ0) is 15.8. The third kappa shape index (κ3) is 3.40. The van der Waals surface area contributed by atoms with E-state index in [1.54, 1.807) is 0 Å². The van der Waals surface area contributed by atoms with Crippen molar-refractivity contribution in [3.8, 4) is 11.3 Å². The number of nitrogens with zero attached hydrogens (tertiary/aromatic N) is 1. The second kappa shape index (κ2) is 5.96. The molecule has 0 radical (unpaired) electrons. The topological polar surface area (TPSA) is 12.9 Å². The van der Waals surface area contributed by atoms with Crippen LogP contribution in [0.1, 0.15) is 38.5 Å². The van der Waals surface area contributed by atoms with Crippen molar-refractivity contribution in [3.63, 3.8) is 0 Å². The monoisotopic (exact) mass is 342 g/mol. The van der Waals surface area contributed by atoms with Gasteiger partial charge in [0.05, 0.1) is 0 Å². The normalized spacial score (nSPS) is 18.5. The van der Waals surface area contributed by atoms with Crippen molar-refractivity contribution in [2.45, 2.75) is 48.8 Å². The fourth-order valence-corrected chi connectivity index (χ4v) is 5.17. The molecule has 1 aromatic heterocycles. The number of pyridine rings is 1. The van der Waals surface area contributed by atoms with E-state index in [4.69, 9.17) is 6.35 Å². The molecule has 0 unspecified atom stereocenters.